The lowest BCUT2D eigenvalue weighted by atomic mass is 10.1. The number of rotatable bonds is 7. The third-order valence-corrected chi connectivity index (χ3v) is 7.42. The lowest BCUT2D eigenvalue weighted by Crippen LogP contribution is -2.16. The maximum atomic E-state index is 13.2. The molecule has 6 heteroatoms. The summed E-state index contributed by atoms with van der Waals surface area (Å²) in [7, 11) is 0. The normalized spacial score (nSPS) is 12.8. The van der Waals surface area contributed by atoms with E-state index < -0.39 is 0 Å². The van der Waals surface area contributed by atoms with Crippen LogP contribution in [-0.2, 0) is 17.6 Å². The molecule has 0 bridgehead atoms. The van der Waals surface area contributed by atoms with Crippen molar-refractivity contribution in [1.29, 1.82) is 0 Å². The van der Waals surface area contributed by atoms with Gasteiger partial charge in [0.25, 0.3) is 0 Å². The first-order valence-corrected chi connectivity index (χ1v) is 11.6. The molecule has 1 N–H and O–H groups in total. The van der Waals surface area contributed by atoms with Crippen LogP contribution in [-0.4, -0.2) is 10.5 Å². The Hall–Kier alpha value is -2.31. The lowest BCUT2D eigenvalue weighted by Gasteiger charge is -2.17. The Kier molecular flexibility index (Phi) is 6.75. The number of halogens is 2. The number of nitrogens with one attached hydrogen (secondary N) is 1. The first-order chi connectivity index (χ1) is 14.5. The minimum atomic E-state index is -0.295. The Morgan fingerprint density at radius 2 is 1.40 bits per heavy atom. The van der Waals surface area contributed by atoms with Gasteiger partial charge in [0.05, 0.1) is 4.58 Å². The molecule has 0 aromatic heterocycles. The first-order valence-electron chi connectivity index (χ1n) is 9.81. The number of fused-ring (bicyclic) bond motifs is 1. The summed E-state index contributed by atoms with van der Waals surface area (Å²) in [4.78, 5) is 14.5. The van der Waals surface area contributed by atoms with Crippen molar-refractivity contribution < 1.29 is 13.6 Å². The molecular formula is C24H21F2NOS2. The van der Waals surface area contributed by atoms with Gasteiger partial charge in [0.1, 0.15) is 11.6 Å². The first kappa shape index (κ1) is 20.9. The molecule has 154 valence electrons. The molecule has 1 amide bonds. The van der Waals surface area contributed by atoms with Crippen molar-refractivity contribution in [2.24, 2.45) is 0 Å². The van der Waals surface area contributed by atoms with Crippen LogP contribution in [0.15, 0.2) is 76.5 Å². The van der Waals surface area contributed by atoms with Gasteiger partial charge in [0.15, 0.2) is 0 Å². The van der Waals surface area contributed by atoms with E-state index in [2.05, 4.69) is 17.4 Å². The largest absolute Gasteiger partial charge is 0.326 e. The molecule has 30 heavy (non-hydrogen) atoms. The van der Waals surface area contributed by atoms with E-state index >= 15 is 0 Å². The standard InChI is InChI=1S/C24H21F2NOS2/c25-18-5-10-21(11-6-18)29-24(30-22-12-7-19(26)8-13-22)15-23(28)27-20-9-4-16-2-1-3-17(16)14-20/h4-14,24H,1-3,15H2,(H,27,28). The monoisotopic (exact) mass is 441 g/mol. The highest BCUT2D eigenvalue weighted by Gasteiger charge is 2.18. The molecule has 4 rings (SSSR count). The molecule has 1 aliphatic rings. The fraction of sp³-hybridized carbons (Fsp3) is 0.208. The van der Waals surface area contributed by atoms with Crippen LogP contribution in [0.4, 0.5) is 14.5 Å². The fourth-order valence-electron chi connectivity index (χ4n) is 3.45. The maximum Gasteiger partial charge on any atom is 0.226 e. The Morgan fingerprint density at radius 1 is 0.833 bits per heavy atom. The highest BCUT2D eigenvalue weighted by atomic mass is 32.2. The number of carbonyl (C=O) groups is 1. The summed E-state index contributed by atoms with van der Waals surface area (Å²) in [6, 6.07) is 18.6. The average molecular weight is 442 g/mol. The Labute approximate surface area is 183 Å². The average Bonchev–Trinajstić information content (AvgIpc) is 3.19. The van der Waals surface area contributed by atoms with Gasteiger partial charge in [-0.05, 0) is 91.1 Å². The topological polar surface area (TPSA) is 29.1 Å². The molecule has 0 unspecified atom stereocenters. The molecule has 0 aliphatic heterocycles. The molecule has 0 saturated heterocycles. The van der Waals surface area contributed by atoms with Gasteiger partial charge >= 0.3 is 0 Å². The van der Waals surface area contributed by atoms with Crippen LogP contribution >= 0.6 is 23.5 Å². The van der Waals surface area contributed by atoms with E-state index in [1.807, 2.05) is 6.07 Å². The molecule has 0 atom stereocenters. The van der Waals surface area contributed by atoms with Crippen molar-refractivity contribution in [2.75, 3.05) is 5.32 Å². The van der Waals surface area contributed by atoms with E-state index in [1.165, 1.54) is 58.9 Å². The summed E-state index contributed by atoms with van der Waals surface area (Å²) in [5, 5.41) is 3.01. The predicted octanol–water partition coefficient (Wildman–Crippen LogP) is 6.69. The van der Waals surface area contributed by atoms with Crippen molar-refractivity contribution in [3.05, 3.63) is 89.5 Å². The second-order valence-corrected chi connectivity index (χ2v) is 10.0. The zero-order valence-corrected chi connectivity index (χ0v) is 17.9. The number of hydrogen-bond donors (Lipinski definition) is 1. The van der Waals surface area contributed by atoms with E-state index in [4.69, 9.17) is 0 Å². The van der Waals surface area contributed by atoms with Gasteiger partial charge in [-0.1, -0.05) is 6.07 Å². The smallest absolute Gasteiger partial charge is 0.226 e. The van der Waals surface area contributed by atoms with Crippen molar-refractivity contribution >= 4 is 35.1 Å². The number of amides is 1. The van der Waals surface area contributed by atoms with E-state index in [-0.39, 0.29) is 28.5 Å². The molecule has 0 fully saturated rings. The molecule has 1 aliphatic carbocycles. The van der Waals surface area contributed by atoms with E-state index in [9.17, 15) is 13.6 Å². The third-order valence-electron chi connectivity index (χ3n) is 4.90. The summed E-state index contributed by atoms with van der Waals surface area (Å²) < 4.78 is 26.3. The van der Waals surface area contributed by atoms with Crippen LogP contribution in [0.3, 0.4) is 0 Å². The van der Waals surface area contributed by atoms with E-state index in [0.717, 1.165) is 34.7 Å². The molecule has 0 heterocycles. The quantitative estimate of drug-likeness (QED) is 0.327. The maximum absolute atomic E-state index is 13.2. The second-order valence-electron chi connectivity index (χ2n) is 7.16. The number of carbonyl (C=O) groups excluding carboxylic acids is 1. The molecule has 0 spiro atoms. The van der Waals surface area contributed by atoms with Crippen LogP contribution in [0.5, 0.6) is 0 Å². The number of aryl methyl sites for hydroxylation is 2. The molecule has 2 nitrogen and oxygen atoms in total. The van der Waals surface area contributed by atoms with Crippen molar-refractivity contribution in [2.45, 2.75) is 40.1 Å². The zero-order chi connectivity index (χ0) is 20.9. The second kappa shape index (κ2) is 9.67. The number of hydrogen-bond acceptors (Lipinski definition) is 3. The van der Waals surface area contributed by atoms with Gasteiger partial charge in [0.2, 0.25) is 5.91 Å². The van der Waals surface area contributed by atoms with Gasteiger partial charge in [-0.15, -0.1) is 23.5 Å². The molecule has 3 aromatic carbocycles. The summed E-state index contributed by atoms with van der Waals surface area (Å²) in [6.45, 7) is 0. The highest BCUT2D eigenvalue weighted by Crippen LogP contribution is 2.38. The highest BCUT2D eigenvalue weighted by molar-refractivity contribution is 8.17. The summed E-state index contributed by atoms with van der Waals surface area (Å²) in [5.41, 5.74) is 3.49. The van der Waals surface area contributed by atoms with Crippen LogP contribution in [0.2, 0.25) is 0 Å². The SMILES string of the molecule is O=C(CC(Sc1ccc(F)cc1)Sc1ccc(F)cc1)Nc1ccc2c(c1)CCC2. The van der Waals surface area contributed by atoms with Gasteiger partial charge in [0, 0.05) is 21.9 Å². The Balaban J connectivity index is 1.45. The van der Waals surface area contributed by atoms with Gasteiger partial charge < -0.3 is 5.32 Å². The van der Waals surface area contributed by atoms with Crippen molar-refractivity contribution in [3.63, 3.8) is 0 Å². The molecular weight excluding hydrogens is 420 g/mol. The molecule has 0 saturated carbocycles. The Morgan fingerprint density at radius 3 is 2.00 bits per heavy atom. The van der Waals surface area contributed by atoms with E-state index in [1.54, 1.807) is 24.3 Å². The predicted molar refractivity (Wildman–Crippen MR) is 120 cm³/mol. The number of benzene rings is 3. The van der Waals surface area contributed by atoms with Crippen molar-refractivity contribution in [1.82, 2.24) is 0 Å². The summed E-state index contributed by atoms with van der Waals surface area (Å²) in [5.74, 6) is -0.671. The van der Waals surface area contributed by atoms with Crippen LogP contribution in [0.25, 0.3) is 0 Å². The molecule has 3 aromatic rings. The fourth-order valence-corrected chi connectivity index (χ4v) is 5.97. The number of anilines is 1. The van der Waals surface area contributed by atoms with Crippen LogP contribution < -0.4 is 5.32 Å². The van der Waals surface area contributed by atoms with Crippen molar-refractivity contribution in [3.8, 4) is 0 Å². The van der Waals surface area contributed by atoms with Crippen LogP contribution in [0, 0.1) is 11.6 Å². The van der Waals surface area contributed by atoms with E-state index in [0.29, 0.717) is 0 Å². The number of thioether (sulfide) groups is 2. The lowest BCUT2D eigenvalue weighted by molar-refractivity contribution is -0.115. The van der Waals surface area contributed by atoms with Gasteiger partial charge in [-0.3, -0.25) is 4.79 Å². The summed E-state index contributed by atoms with van der Waals surface area (Å²) in [6.07, 6.45) is 3.59. The molecule has 0 radical (unpaired) electrons. The summed E-state index contributed by atoms with van der Waals surface area (Å²) >= 11 is 2.99. The van der Waals surface area contributed by atoms with Gasteiger partial charge in [-0.2, -0.15) is 0 Å². The van der Waals surface area contributed by atoms with Crippen LogP contribution in [0.1, 0.15) is 24.0 Å². The Bertz CT molecular complexity index is 975. The zero-order valence-electron chi connectivity index (χ0n) is 16.2. The third kappa shape index (κ3) is 5.64. The minimum absolute atomic E-state index is 0.0813. The van der Waals surface area contributed by atoms with Gasteiger partial charge in [-0.25, -0.2) is 8.78 Å². The minimum Gasteiger partial charge on any atom is -0.326 e.